The first kappa shape index (κ1) is 28.4. The number of fused-ring (bicyclic) bond motifs is 1. The number of rotatable bonds is 8. The van der Waals surface area contributed by atoms with Crippen molar-refractivity contribution in [3.63, 3.8) is 0 Å². The van der Waals surface area contributed by atoms with Gasteiger partial charge < -0.3 is 0 Å². The molecule has 0 N–H and O–H groups in total. The Bertz CT molecular complexity index is 1870. The quantitative estimate of drug-likeness (QED) is 0.141. The third-order valence-corrected chi connectivity index (χ3v) is 7.48. The second-order valence-electron chi connectivity index (χ2n) is 10.6. The van der Waals surface area contributed by atoms with Gasteiger partial charge in [-0.3, -0.25) is 0 Å². The Morgan fingerprint density at radius 2 is 1.43 bits per heavy atom. The van der Waals surface area contributed by atoms with E-state index in [1.165, 1.54) is 27.5 Å². The molecule has 2 nitrogen and oxygen atoms in total. The Hall–Kier alpha value is -5.08. The highest BCUT2D eigenvalue weighted by Crippen LogP contribution is 2.30. The number of aryl methyl sites for hydroxylation is 2. The Morgan fingerprint density at radius 3 is 2.17 bits per heavy atom. The van der Waals surface area contributed by atoms with Crippen LogP contribution in [0.15, 0.2) is 151 Å². The van der Waals surface area contributed by atoms with Crippen LogP contribution in [0, 0.1) is 13.8 Å². The van der Waals surface area contributed by atoms with Gasteiger partial charge >= 0.3 is 0 Å². The van der Waals surface area contributed by atoms with Gasteiger partial charge in [0.05, 0.1) is 0 Å². The molecule has 0 fully saturated rings. The number of aliphatic imine (C=N–C) groups is 1. The van der Waals surface area contributed by atoms with Crippen molar-refractivity contribution in [2.24, 2.45) is 4.99 Å². The molecular formula is C40H36N2. The molecule has 206 valence electrons. The van der Waals surface area contributed by atoms with Crippen LogP contribution in [0.2, 0.25) is 0 Å². The maximum absolute atomic E-state index is 4.95. The predicted octanol–water partition coefficient (Wildman–Crippen LogP) is 10.9. The molecule has 0 aliphatic carbocycles. The topological polar surface area (TPSA) is 25.2 Å². The third-order valence-electron chi connectivity index (χ3n) is 7.48. The first-order valence-electron chi connectivity index (χ1n) is 14.3. The molecule has 4 aromatic carbocycles. The molecule has 2 heteroatoms. The van der Waals surface area contributed by atoms with E-state index in [0.29, 0.717) is 0 Å². The Morgan fingerprint density at radius 1 is 0.714 bits per heavy atom. The van der Waals surface area contributed by atoms with Gasteiger partial charge in [0.1, 0.15) is 0 Å². The molecule has 0 amide bonds. The molecule has 0 saturated carbocycles. The van der Waals surface area contributed by atoms with Crippen molar-refractivity contribution in [2.45, 2.75) is 27.7 Å². The summed E-state index contributed by atoms with van der Waals surface area (Å²) in [5.41, 5.74) is 11.0. The van der Waals surface area contributed by atoms with E-state index >= 15 is 0 Å². The summed E-state index contributed by atoms with van der Waals surface area (Å²) in [7, 11) is 0. The van der Waals surface area contributed by atoms with Crippen LogP contribution in [-0.2, 0) is 0 Å². The lowest BCUT2D eigenvalue weighted by Crippen LogP contribution is -1.96. The summed E-state index contributed by atoms with van der Waals surface area (Å²) in [5, 5.41) is 2.46. The van der Waals surface area contributed by atoms with E-state index in [1.807, 2.05) is 25.3 Å². The van der Waals surface area contributed by atoms with Crippen molar-refractivity contribution in [3.8, 4) is 11.1 Å². The van der Waals surface area contributed by atoms with Gasteiger partial charge in [0.25, 0.3) is 0 Å². The van der Waals surface area contributed by atoms with Gasteiger partial charge in [-0.05, 0) is 101 Å². The number of benzene rings is 4. The Kier molecular flexibility index (Phi) is 8.84. The third kappa shape index (κ3) is 6.62. The fourth-order valence-corrected chi connectivity index (χ4v) is 5.09. The van der Waals surface area contributed by atoms with E-state index < -0.39 is 0 Å². The molecule has 0 aliphatic rings. The molecule has 0 atom stereocenters. The number of allylic oxidation sites excluding steroid dienone is 7. The molecule has 5 rings (SSSR count). The average molecular weight is 545 g/mol. The van der Waals surface area contributed by atoms with E-state index in [2.05, 4.69) is 143 Å². The fraction of sp³-hybridized carbons (Fsp3) is 0.100. The minimum absolute atomic E-state index is 0.723. The molecule has 42 heavy (non-hydrogen) atoms. The Labute approximate surface area is 249 Å². The number of hydrogen-bond acceptors (Lipinski definition) is 2. The van der Waals surface area contributed by atoms with Gasteiger partial charge in [-0.2, -0.15) is 0 Å². The van der Waals surface area contributed by atoms with Crippen LogP contribution in [0.1, 0.15) is 36.1 Å². The molecule has 0 spiro atoms. The number of pyridine rings is 1. The molecule has 1 heterocycles. The zero-order valence-electron chi connectivity index (χ0n) is 24.8. The van der Waals surface area contributed by atoms with Gasteiger partial charge in [-0.25, -0.2) is 9.98 Å². The van der Waals surface area contributed by atoms with Crippen molar-refractivity contribution in [1.82, 2.24) is 4.98 Å². The maximum Gasteiger partial charge on any atom is 0.154 e. The summed E-state index contributed by atoms with van der Waals surface area (Å²) >= 11 is 0. The van der Waals surface area contributed by atoms with E-state index in [-0.39, 0.29) is 0 Å². The molecule has 0 bridgehead atoms. The molecule has 5 aromatic rings. The van der Waals surface area contributed by atoms with Crippen LogP contribution in [0.5, 0.6) is 0 Å². The van der Waals surface area contributed by atoms with Crippen LogP contribution in [0.3, 0.4) is 0 Å². The van der Waals surface area contributed by atoms with Gasteiger partial charge in [-0.15, -0.1) is 0 Å². The largest absolute Gasteiger partial charge is 0.236 e. The van der Waals surface area contributed by atoms with E-state index in [9.17, 15) is 0 Å². The normalized spacial score (nSPS) is 13.0. The standard InChI is InChI=1S/C40H36N2/c1-6-32(21-20-28(2)33-15-8-7-9-16-33)39(38-19-13-10-14-29(38)3)25-31(5)42-40-30(4)24-37(27-41-40)36-23-22-34-17-11-12-18-35(34)26-36/h6-27H,1H2,2-5H3/b28-20+,32-21+,39-25-,42-31+. The van der Waals surface area contributed by atoms with Gasteiger partial charge in [0, 0.05) is 17.5 Å². The van der Waals surface area contributed by atoms with Crippen molar-refractivity contribution < 1.29 is 0 Å². The highest BCUT2D eigenvalue weighted by molar-refractivity contribution is 6.04. The van der Waals surface area contributed by atoms with Gasteiger partial charge in [0.15, 0.2) is 5.82 Å². The van der Waals surface area contributed by atoms with E-state index in [4.69, 9.17) is 9.98 Å². The van der Waals surface area contributed by atoms with Crippen LogP contribution in [-0.4, -0.2) is 10.7 Å². The van der Waals surface area contributed by atoms with Crippen molar-refractivity contribution >= 4 is 33.4 Å². The molecule has 0 unspecified atom stereocenters. The molecule has 0 radical (unpaired) electrons. The number of nitrogens with zero attached hydrogens (tertiary/aromatic N) is 2. The number of hydrogen-bond donors (Lipinski definition) is 0. The zero-order chi connectivity index (χ0) is 29.5. The second-order valence-corrected chi connectivity index (χ2v) is 10.6. The number of aromatic nitrogens is 1. The lowest BCUT2D eigenvalue weighted by Gasteiger charge is -2.13. The highest BCUT2D eigenvalue weighted by atomic mass is 14.9. The minimum Gasteiger partial charge on any atom is -0.236 e. The van der Waals surface area contributed by atoms with Crippen molar-refractivity contribution in [3.05, 3.63) is 168 Å². The zero-order valence-corrected chi connectivity index (χ0v) is 24.8. The van der Waals surface area contributed by atoms with Crippen molar-refractivity contribution in [2.75, 3.05) is 0 Å². The van der Waals surface area contributed by atoms with Crippen LogP contribution < -0.4 is 0 Å². The molecule has 0 aliphatic heterocycles. The second kappa shape index (κ2) is 13.1. The lowest BCUT2D eigenvalue weighted by molar-refractivity contribution is 1.22. The predicted molar refractivity (Wildman–Crippen MR) is 182 cm³/mol. The van der Waals surface area contributed by atoms with Crippen LogP contribution in [0.4, 0.5) is 5.82 Å². The van der Waals surface area contributed by atoms with E-state index in [0.717, 1.165) is 44.9 Å². The van der Waals surface area contributed by atoms with Crippen molar-refractivity contribution in [1.29, 1.82) is 0 Å². The average Bonchev–Trinajstić information content (AvgIpc) is 3.02. The highest BCUT2D eigenvalue weighted by Gasteiger charge is 2.10. The first-order chi connectivity index (χ1) is 20.4. The minimum atomic E-state index is 0.723. The summed E-state index contributed by atoms with van der Waals surface area (Å²) in [6.07, 6.45) is 10.3. The molecule has 1 aromatic heterocycles. The Balaban J connectivity index is 1.51. The SMILES string of the molecule is C=CC(=C\C=C(/C)c1ccccc1)/C(=C/C(C)=N/c1ncc(-c2ccc3ccccc3c2)cc1C)c1ccccc1C. The molecular weight excluding hydrogens is 508 g/mol. The van der Waals surface area contributed by atoms with Crippen LogP contribution >= 0.6 is 0 Å². The van der Waals surface area contributed by atoms with Gasteiger partial charge in [-0.1, -0.05) is 116 Å². The fourth-order valence-electron chi connectivity index (χ4n) is 5.09. The summed E-state index contributed by atoms with van der Waals surface area (Å²) in [6.45, 7) is 12.5. The summed E-state index contributed by atoms with van der Waals surface area (Å²) < 4.78 is 0. The van der Waals surface area contributed by atoms with E-state index in [1.54, 1.807) is 0 Å². The maximum atomic E-state index is 4.95. The lowest BCUT2D eigenvalue weighted by atomic mass is 9.92. The molecule has 0 saturated heterocycles. The van der Waals surface area contributed by atoms with Crippen LogP contribution in [0.25, 0.3) is 33.0 Å². The first-order valence-corrected chi connectivity index (χ1v) is 14.3. The summed E-state index contributed by atoms with van der Waals surface area (Å²) in [4.78, 5) is 9.72. The monoisotopic (exact) mass is 544 g/mol. The summed E-state index contributed by atoms with van der Waals surface area (Å²) in [6, 6.07) is 36.0. The summed E-state index contributed by atoms with van der Waals surface area (Å²) in [5.74, 6) is 0.723. The smallest absolute Gasteiger partial charge is 0.154 e. The van der Waals surface area contributed by atoms with Gasteiger partial charge in [0.2, 0.25) is 0 Å².